The Morgan fingerprint density at radius 1 is 0.880 bits per heavy atom. The van der Waals surface area contributed by atoms with Crippen molar-refractivity contribution >= 4 is 28.7 Å². The van der Waals surface area contributed by atoms with E-state index in [1.165, 1.54) is 46.3 Å². The van der Waals surface area contributed by atoms with Gasteiger partial charge in [-0.05, 0) is 60.6 Å². The van der Waals surface area contributed by atoms with E-state index in [0.29, 0.717) is 0 Å². The number of aryl methyl sites for hydroxylation is 1. The number of nitrogens with zero attached hydrogens (tertiary/aromatic N) is 2. The smallest absolute Gasteiger partial charge is 0.0711 e. The van der Waals surface area contributed by atoms with Crippen molar-refractivity contribution in [3.8, 4) is 0 Å². The minimum atomic E-state index is 1.11. The molecule has 0 atom stereocenters. The molecule has 126 valence electrons. The molecule has 1 aliphatic rings. The third-order valence-corrected chi connectivity index (χ3v) is 5.07. The Morgan fingerprint density at radius 3 is 2.44 bits per heavy atom. The summed E-state index contributed by atoms with van der Waals surface area (Å²) in [4.78, 5) is 7.05. The molecule has 0 saturated carbocycles. The van der Waals surface area contributed by atoms with Crippen LogP contribution in [0.1, 0.15) is 35.2 Å². The fourth-order valence-corrected chi connectivity index (χ4v) is 3.66. The highest BCUT2D eigenvalue weighted by atomic mass is 15.1. The highest BCUT2D eigenvalue weighted by molar-refractivity contribution is 5.92. The third kappa shape index (κ3) is 3.17. The monoisotopic (exact) mass is 328 g/mol. The highest BCUT2D eigenvalue weighted by Gasteiger charge is 2.16. The van der Waals surface area contributed by atoms with Gasteiger partial charge in [0.1, 0.15) is 0 Å². The lowest BCUT2D eigenvalue weighted by molar-refractivity contribution is 0.670. The first kappa shape index (κ1) is 15.9. The molecule has 0 bridgehead atoms. The number of benzene rings is 2. The fraction of sp³-hybridized carbons (Fsp3) is 0.261. The Labute approximate surface area is 149 Å². The van der Waals surface area contributed by atoms with Gasteiger partial charge in [-0.2, -0.15) is 0 Å². The predicted molar refractivity (Wildman–Crippen MR) is 108 cm³/mol. The van der Waals surface area contributed by atoms with Crippen molar-refractivity contribution in [2.75, 3.05) is 19.0 Å². The zero-order valence-electron chi connectivity index (χ0n) is 15.0. The van der Waals surface area contributed by atoms with Gasteiger partial charge in [0, 0.05) is 30.9 Å². The van der Waals surface area contributed by atoms with Crippen LogP contribution in [0.2, 0.25) is 0 Å². The van der Waals surface area contributed by atoms with Crippen molar-refractivity contribution in [2.24, 2.45) is 0 Å². The molecule has 25 heavy (non-hydrogen) atoms. The highest BCUT2D eigenvalue weighted by Crippen LogP contribution is 2.30. The van der Waals surface area contributed by atoms with E-state index in [-0.39, 0.29) is 0 Å². The zero-order chi connectivity index (χ0) is 17.2. The van der Waals surface area contributed by atoms with Crippen molar-refractivity contribution in [2.45, 2.75) is 25.7 Å². The first-order valence-electron chi connectivity index (χ1n) is 9.08. The lowest BCUT2D eigenvalue weighted by Crippen LogP contribution is -2.08. The molecule has 0 radical (unpaired) electrons. The Morgan fingerprint density at radius 2 is 1.64 bits per heavy atom. The molecule has 0 unspecified atom stereocenters. The molecule has 3 aromatic rings. The Hall–Kier alpha value is -2.61. The van der Waals surface area contributed by atoms with Gasteiger partial charge in [0.15, 0.2) is 0 Å². The molecule has 1 aliphatic carbocycles. The van der Waals surface area contributed by atoms with Gasteiger partial charge in [-0.3, -0.25) is 4.98 Å². The summed E-state index contributed by atoms with van der Waals surface area (Å²) in [6, 6.07) is 17.2. The Bertz CT molecular complexity index is 921. The van der Waals surface area contributed by atoms with Crippen molar-refractivity contribution in [1.82, 2.24) is 4.98 Å². The van der Waals surface area contributed by atoms with Crippen LogP contribution in [-0.4, -0.2) is 19.1 Å². The molecule has 1 heterocycles. The predicted octanol–water partition coefficient (Wildman–Crippen LogP) is 5.35. The van der Waals surface area contributed by atoms with Crippen LogP contribution in [-0.2, 0) is 12.8 Å². The van der Waals surface area contributed by atoms with E-state index in [2.05, 4.69) is 79.7 Å². The standard InChI is InChI=1S/C23H24N2/c1-25(2)18-14-11-17(12-15-18)13-16-19-20-7-3-5-9-22(20)24-23-10-6-4-8-21(19)23/h3,5,7,9,11-16H,4,6,8,10H2,1-2H3/b16-13+. The van der Waals surface area contributed by atoms with Gasteiger partial charge in [-0.25, -0.2) is 0 Å². The maximum atomic E-state index is 4.92. The number of fused-ring (bicyclic) bond motifs is 2. The molecule has 0 aliphatic heterocycles. The molecule has 4 rings (SSSR count). The van der Waals surface area contributed by atoms with E-state index >= 15 is 0 Å². The quantitative estimate of drug-likeness (QED) is 0.644. The molecule has 1 aromatic heterocycles. The lowest BCUT2D eigenvalue weighted by atomic mass is 9.89. The molecule has 2 nitrogen and oxygen atoms in total. The summed E-state index contributed by atoms with van der Waals surface area (Å²) in [5, 5.41) is 1.27. The molecule has 0 spiro atoms. The van der Waals surface area contributed by atoms with E-state index in [4.69, 9.17) is 4.98 Å². The summed E-state index contributed by atoms with van der Waals surface area (Å²) < 4.78 is 0. The number of hydrogen-bond donors (Lipinski definition) is 0. The number of anilines is 1. The summed E-state index contributed by atoms with van der Waals surface area (Å²) in [6.07, 6.45) is 9.30. The first-order chi connectivity index (χ1) is 12.2. The van der Waals surface area contributed by atoms with Crippen LogP contribution in [0, 0.1) is 0 Å². The van der Waals surface area contributed by atoms with Crippen molar-refractivity contribution in [3.05, 3.63) is 70.9 Å². The van der Waals surface area contributed by atoms with Gasteiger partial charge in [-0.15, -0.1) is 0 Å². The second-order valence-corrected chi connectivity index (χ2v) is 6.99. The zero-order valence-corrected chi connectivity index (χ0v) is 15.0. The van der Waals surface area contributed by atoms with Crippen molar-refractivity contribution in [3.63, 3.8) is 0 Å². The molecule has 2 aromatic carbocycles. The van der Waals surface area contributed by atoms with Crippen LogP contribution in [0.5, 0.6) is 0 Å². The normalized spacial score (nSPS) is 14.0. The summed E-state index contributed by atoms with van der Waals surface area (Å²) >= 11 is 0. The minimum Gasteiger partial charge on any atom is -0.378 e. The molecule has 0 saturated heterocycles. The second-order valence-electron chi connectivity index (χ2n) is 6.99. The number of hydrogen-bond acceptors (Lipinski definition) is 2. The van der Waals surface area contributed by atoms with Crippen molar-refractivity contribution < 1.29 is 0 Å². The van der Waals surface area contributed by atoms with Crippen LogP contribution in [0.3, 0.4) is 0 Å². The topological polar surface area (TPSA) is 16.1 Å². The molecule has 2 heteroatoms. The average Bonchev–Trinajstić information content (AvgIpc) is 2.65. The SMILES string of the molecule is CN(C)c1ccc(/C=C/c2c3c(nc4ccccc24)CCCC3)cc1. The third-order valence-electron chi connectivity index (χ3n) is 5.07. The maximum absolute atomic E-state index is 4.92. The van der Waals surface area contributed by atoms with Gasteiger partial charge in [0.25, 0.3) is 0 Å². The summed E-state index contributed by atoms with van der Waals surface area (Å²) in [5.41, 5.74) is 7.68. The average molecular weight is 328 g/mol. The Balaban J connectivity index is 1.77. The van der Waals surface area contributed by atoms with Gasteiger partial charge in [0.05, 0.1) is 5.52 Å². The van der Waals surface area contributed by atoms with Crippen molar-refractivity contribution in [1.29, 1.82) is 0 Å². The van der Waals surface area contributed by atoms with Gasteiger partial charge < -0.3 is 4.90 Å². The van der Waals surface area contributed by atoms with Crippen LogP contribution in [0.25, 0.3) is 23.1 Å². The Kier molecular flexibility index (Phi) is 4.27. The lowest BCUT2D eigenvalue weighted by Gasteiger charge is -2.19. The van der Waals surface area contributed by atoms with Gasteiger partial charge in [0.2, 0.25) is 0 Å². The largest absolute Gasteiger partial charge is 0.378 e. The molecule has 0 fully saturated rings. The first-order valence-corrected chi connectivity index (χ1v) is 9.08. The van der Waals surface area contributed by atoms with E-state index in [9.17, 15) is 0 Å². The van der Waals surface area contributed by atoms with E-state index < -0.39 is 0 Å². The molecular weight excluding hydrogens is 304 g/mol. The molecule has 0 amide bonds. The number of rotatable bonds is 3. The summed E-state index contributed by atoms with van der Waals surface area (Å²) in [5.74, 6) is 0. The van der Waals surface area contributed by atoms with Gasteiger partial charge >= 0.3 is 0 Å². The van der Waals surface area contributed by atoms with Crippen LogP contribution >= 0.6 is 0 Å². The molecular formula is C23H24N2. The van der Waals surface area contributed by atoms with E-state index in [0.717, 1.165) is 18.4 Å². The van der Waals surface area contributed by atoms with E-state index in [1.54, 1.807) is 0 Å². The number of aromatic nitrogens is 1. The summed E-state index contributed by atoms with van der Waals surface area (Å²) in [7, 11) is 4.14. The van der Waals surface area contributed by atoms with Crippen LogP contribution < -0.4 is 4.90 Å². The van der Waals surface area contributed by atoms with Gasteiger partial charge in [-0.1, -0.05) is 42.5 Å². The maximum Gasteiger partial charge on any atom is 0.0711 e. The fourth-order valence-electron chi connectivity index (χ4n) is 3.66. The second kappa shape index (κ2) is 6.72. The van der Waals surface area contributed by atoms with E-state index in [1.807, 2.05) is 0 Å². The van der Waals surface area contributed by atoms with Crippen LogP contribution in [0.15, 0.2) is 48.5 Å². The number of pyridine rings is 1. The summed E-state index contributed by atoms with van der Waals surface area (Å²) in [6.45, 7) is 0. The van der Waals surface area contributed by atoms with Crippen LogP contribution in [0.4, 0.5) is 5.69 Å². The number of para-hydroxylation sites is 1. The molecule has 0 N–H and O–H groups in total. The minimum absolute atomic E-state index is 1.11.